The van der Waals surface area contributed by atoms with Gasteiger partial charge in [0.25, 0.3) is 5.56 Å². The Morgan fingerprint density at radius 3 is 2.54 bits per heavy atom. The third kappa shape index (κ3) is 4.40. The highest BCUT2D eigenvalue weighted by Crippen LogP contribution is 2.28. The molecule has 0 radical (unpaired) electrons. The molecule has 7 rings (SSSR count). The summed E-state index contributed by atoms with van der Waals surface area (Å²) < 4.78 is 14.8. The van der Waals surface area contributed by atoms with Gasteiger partial charge in [0.2, 0.25) is 11.7 Å². The normalized spacial score (nSPS) is 14.1. The Bertz CT molecular complexity index is 1990. The molecule has 4 heterocycles. The summed E-state index contributed by atoms with van der Waals surface area (Å²) in [5.41, 5.74) is 3.59. The summed E-state index contributed by atoms with van der Waals surface area (Å²) in [5, 5.41) is 7.00. The summed E-state index contributed by atoms with van der Waals surface area (Å²) in [6.45, 7) is 4.47. The van der Waals surface area contributed by atoms with Crippen molar-refractivity contribution in [2.45, 2.75) is 13.5 Å². The molecule has 0 bridgehead atoms. The van der Waals surface area contributed by atoms with E-state index in [0.717, 1.165) is 27.5 Å². The molecule has 6 aromatic rings. The van der Waals surface area contributed by atoms with Crippen LogP contribution in [0.5, 0.6) is 0 Å². The van der Waals surface area contributed by atoms with Crippen molar-refractivity contribution in [2.24, 2.45) is 5.10 Å². The summed E-state index contributed by atoms with van der Waals surface area (Å²) in [6, 6.07) is 24.6. The van der Waals surface area contributed by atoms with Crippen LogP contribution in [0.4, 0.5) is 0 Å². The maximum atomic E-state index is 13.7. The Morgan fingerprint density at radius 2 is 1.71 bits per heavy atom. The van der Waals surface area contributed by atoms with Gasteiger partial charge in [0.05, 0.1) is 30.3 Å². The van der Waals surface area contributed by atoms with Gasteiger partial charge in [-0.1, -0.05) is 48.5 Å². The van der Waals surface area contributed by atoms with Gasteiger partial charge in [-0.15, -0.1) is 0 Å². The summed E-state index contributed by atoms with van der Waals surface area (Å²) in [4.78, 5) is 33.5. The third-order valence-electron chi connectivity index (χ3n) is 7.64. The first-order valence-electron chi connectivity index (χ1n) is 13.6. The molecule has 3 aromatic carbocycles. The number of carbonyl (C=O) groups is 1. The van der Waals surface area contributed by atoms with Crippen molar-refractivity contribution in [3.8, 4) is 11.6 Å². The molecule has 9 nitrogen and oxygen atoms in total. The molecule has 0 spiro atoms. The Balaban J connectivity index is 1.35. The van der Waals surface area contributed by atoms with E-state index in [4.69, 9.17) is 19.2 Å². The zero-order chi connectivity index (χ0) is 27.9. The Morgan fingerprint density at radius 1 is 0.976 bits per heavy atom. The fraction of sp³-hybridized carbons (Fsp3) is 0.188. The van der Waals surface area contributed by atoms with Crippen molar-refractivity contribution in [1.29, 1.82) is 0 Å². The standard InChI is InChI=1S/C32H27N5O4/c1-21-25(23-9-4-6-12-27(23)36(21)20-30(38)35-14-16-40-17-15-35)19-33-37-31(29-18-22-8-2-7-13-28(22)41-29)34-26-11-5-3-10-24(26)32(37)39/h2-13,18-19H,14-17,20H2,1H3. The summed E-state index contributed by atoms with van der Waals surface area (Å²) >= 11 is 0. The number of aromatic nitrogens is 3. The number of nitrogens with zero attached hydrogens (tertiary/aromatic N) is 5. The third-order valence-corrected chi connectivity index (χ3v) is 7.64. The van der Waals surface area contributed by atoms with E-state index in [0.29, 0.717) is 54.4 Å². The van der Waals surface area contributed by atoms with Gasteiger partial charge in [0.1, 0.15) is 12.1 Å². The van der Waals surface area contributed by atoms with Crippen molar-refractivity contribution in [3.05, 3.63) is 100 Å². The Kier molecular flexibility index (Phi) is 6.20. The van der Waals surface area contributed by atoms with Crippen LogP contribution in [0.3, 0.4) is 0 Å². The van der Waals surface area contributed by atoms with E-state index in [1.807, 2.05) is 83.1 Å². The monoisotopic (exact) mass is 545 g/mol. The number of furan rings is 1. The van der Waals surface area contributed by atoms with Gasteiger partial charge in [-0.3, -0.25) is 9.59 Å². The first-order valence-corrected chi connectivity index (χ1v) is 13.6. The van der Waals surface area contributed by atoms with Gasteiger partial charge in [-0.2, -0.15) is 9.78 Å². The lowest BCUT2D eigenvalue weighted by atomic mass is 10.1. The molecule has 41 heavy (non-hydrogen) atoms. The van der Waals surface area contributed by atoms with Gasteiger partial charge in [-0.25, -0.2) is 4.98 Å². The quantitative estimate of drug-likeness (QED) is 0.290. The molecule has 1 saturated heterocycles. The highest BCUT2D eigenvalue weighted by atomic mass is 16.5. The van der Waals surface area contributed by atoms with E-state index in [9.17, 15) is 9.59 Å². The molecule has 0 atom stereocenters. The van der Waals surface area contributed by atoms with E-state index in [1.54, 1.807) is 18.3 Å². The second-order valence-electron chi connectivity index (χ2n) is 10.1. The average Bonchev–Trinajstić information content (AvgIpc) is 3.56. The minimum Gasteiger partial charge on any atom is -0.453 e. The van der Waals surface area contributed by atoms with Gasteiger partial charge in [-0.05, 0) is 37.3 Å². The summed E-state index contributed by atoms with van der Waals surface area (Å²) in [6.07, 6.45) is 1.68. The Labute approximate surface area is 234 Å². The number of benzene rings is 3. The first kappa shape index (κ1) is 25.0. The van der Waals surface area contributed by atoms with E-state index < -0.39 is 0 Å². The molecule has 0 saturated carbocycles. The maximum absolute atomic E-state index is 13.7. The smallest absolute Gasteiger partial charge is 0.282 e. The van der Waals surface area contributed by atoms with Crippen LogP contribution >= 0.6 is 0 Å². The molecule has 0 N–H and O–H groups in total. The molecule has 204 valence electrons. The topological polar surface area (TPSA) is 94.9 Å². The zero-order valence-corrected chi connectivity index (χ0v) is 22.5. The minimum atomic E-state index is -0.300. The molecule has 0 aliphatic carbocycles. The van der Waals surface area contributed by atoms with Crippen LogP contribution in [0.2, 0.25) is 0 Å². The maximum Gasteiger partial charge on any atom is 0.282 e. The van der Waals surface area contributed by atoms with E-state index in [2.05, 4.69) is 0 Å². The summed E-state index contributed by atoms with van der Waals surface area (Å²) in [7, 11) is 0. The molecular formula is C32H27N5O4. The number of amides is 1. The van der Waals surface area contributed by atoms with E-state index in [-0.39, 0.29) is 18.0 Å². The molecule has 1 amide bonds. The molecule has 1 fully saturated rings. The number of carbonyl (C=O) groups excluding carboxylic acids is 1. The lowest BCUT2D eigenvalue weighted by molar-refractivity contribution is -0.135. The van der Waals surface area contributed by atoms with Crippen LogP contribution in [0.15, 0.2) is 93.2 Å². The Hall–Kier alpha value is -5.02. The number of morpholine rings is 1. The van der Waals surface area contributed by atoms with E-state index in [1.165, 1.54) is 4.68 Å². The number of rotatable bonds is 5. The molecule has 9 heteroatoms. The lowest BCUT2D eigenvalue weighted by Gasteiger charge is -2.27. The van der Waals surface area contributed by atoms with Crippen molar-refractivity contribution in [2.75, 3.05) is 26.3 Å². The number of ether oxygens (including phenoxy) is 1. The molecular weight excluding hydrogens is 518 g/mol. The minimum absolute atomic E-state index is 0.0442. The van der Waals surface area contributed by atoms with Crippen LogP contribution in [0, 0.1) is 6.92 Å². The van der Waals surface area contributed by atoms with Crippen LogP contribution in [0.1, 0.15) is 11.3 Å². The van der Waals surface area contributed by atoms with Crippen molar-refractivity contribution in [3.63, 3.8) is 0 Å². The zero-order valence-electron chi connectivity index (χ0n) is 22.5. The molecule has 1 aliphatic heterocycles. The molecule has 0 unspecified atom stereocenters. The highest BCUT2D eigenvalue weighted by molar-refractivity contribution is 6.01. The van der Waals surface area contributed by atoms with Gasteiger partial charge in [0.15, 0.2) is 5.76 Å². The van der Waals surface area contributed by atoms with Crippen molar-refractivity contribution < 1.29 is 13.9 Å². The van der Waals surface area contributed by atoms with Crippen molar-refractivity contribution >= 4 is 44.9 Å². The average molecular weight is 546 g/mol. The van der Waals surface area contributed by atoms with Gasteiger partial charge < -0.3 is 18.6 Å². The second-order valence-corrected chi connectivity index (χ2v) is 10.1. The van der Waals surface area contributed by atoms with Crippen LogP contribution in [0.25, 0.3) is 44.4 Å². The van der Waals surface area contributed by atoms with E-state index >= 15 is 0 Å². The molecule has 3 aromatic heterocycles. The number of para-hydroxylation sites is 3. The lowest BCUT2D eigenvalue weighted by Crippen LogP contribution is -2.42. The number of hydrogen-bond donors (Lipinski definition) is 0. The fourth-order valence-corrected chi connectivity index (χ4v) is 5.47. The number of hydrogen-bond acceptors (Lipinski definition) is 6. The predicted octanol–water partition coefficient (Wildman–Crippen LogP) is 4.81. The van der Waals surface area contributed by atoms with Crippen molar-refractivity contribution in [1.82, 2.24) is 19.1 Å². The van der Waals surface area contributed by atoms with Gasteiger partial charge >= 0.3 is 0 Å². The highest BCUT2D eigenvalue weighted by Gasteiger charge is 2.21. The summed E-state index contributed by atoms with van der Waals surface area (Å²) in [5.74, 6) is 0.800. The van der Waals surface area contributed by atoms with Crippen LogP contribution in [-0.4, -0.2) is 57.6 Å². The largest absolute Gasteiger partial charge is 0.453 e. The predicted molar refractivity (Wildman–Crippen MR) is 158 cm³/mol. The van der Waals surface area contributed by atoms with Crippen LogP contribution < -0.4 is 5.56 Å². The van der Waals surface area contributed by atoms with Gasteiger partial charge in [0, 0.05) is 40.6 Å². The first-order chi connectivity index (χ1) is 20.1. The van der Waals surface area contributed by atoms with Crippen LogP contribution in [-0.2, 0) is 16.1 Å². The number of fused-ring (bicyclic) bond motifs is 3. The fourth-order valence-electron chi connectivity index (χ4n) is 5.47. The second kappa shape index (κ2) is 10.2. The SMILES string of the molecule is Cc1c(C=Nn2c(-c3cc4ccccc4o3)nc3ccccc3c2=O)c2ccccc2n1CC(=O)N1CCOCC1. The molecule has 1 aliphatic rings.